The molecule has 13 nitrogen and oxygen atoms in total. The van der Waals surface area contributed by atoms with E-state index in [4.69, 9.17) is 16.3 Å². The Labute approximate surface area is 343 Å². The summed E-state index contributed by atoms with van der Waals surface area (Å²) in [7, 11) is 0. The molecule has 3 saturated heterocycles. The van der Waals surface area contributed by atoms with E-state index in [9.17, 15) is 19.6 Å². The SMILES string of the molecule is C=C1CCC(NC(=O)c2ccc(N3CCN(CC4CCN(c5ccc(C(=O)NC6C(C)(C)C(Oc7ccc(C#N)c(Cl)c7)C6(C)C)nn5)CC4)CC3)cc2F)C(=O)N1. The number of rotatable bonds is 10. The maximum atomic E-state index is 15.1. The second-order valence-corrected chi connectivity index (χ2v) is 17.5. The van der Waals surface area contributed by atoms with Gasteiger partial charge in [0, 0.05) is 80.1 Å². The molecule has 58 heavy (non-hydrogen) atoms. The number of nitriles is 1. The summed E-state index contributed by atoms with van der Waals surface area (Å²) in [5.74, 6) is 0.0398. The number of ether oxygens (including phenoxy) is 1. The van der Waals surface area contributed by atoms with E-state index in [1.54, 1.807) is 30.3 Å². The molecule has 15 heteroatoms. The van der Waals surface area contributed by atoms with Crippen LogP contribution in [0.2, 0.25) is 5.02 Å². The monoisotopic (exact) mass is 811 g/mol. The number of benzene rings is 2. The number of hydrogen-bond acceptors (Lipinski definition) is 10. The van der Waals surface area contributed by atoms with Gasteiger partial charge in [-0.1, -0.05) is 45.9 Å². The minimum atomic E-state index is -0.710. The highest BCUT2D eigenvalue weighted by molar-refractivity contribution is 6.31. The first kappa shape index (κ1) is 40.9. The third kappa shape index (κ3) is 8.47. The van der Waals surface area contributed by atoms with Gasteiger partial charge in [0.05, 0.1) is 16.1 Å². The van der Waals surface area contributed by atoms with Crippen molar-refractivity contribution in [1.82, 2.24) is 31.0 Å². The Morgan fingerprint density at radius 1 is 0.948 bits per heavy atom. The lowest BCUT2D eigenvalue weighted by molar-refractivity contribution is -0.164. The van der Waals surface area contributed by atoms with Crippen LogP contribution in [-0.4, -0.2) is 96.8 Å². The van der Waals surface area contributed by atoms with E-state index in [1.807, 2.05) is 6.07 Å². The molecule has 7 rings (SSSR count). The summed E-state index contributed by atoms with van der Waals surface area (Å²) >= 11 is 6.24. The second-order valence-electron chi connectivity index (χ2n) is 17.1. The third-order valence-corrected chi connectivity index (χ3v) is 12.7. The Morgan fingerprint density at radius 3 is 2.29 bits per heavy atom. The van der Waals surface area contributed by atoms with Gasteiger partial charge in [-0.25, -0.2) is 4.39 Å². The molecule has 0 radical (unpaired) electrons. The van der Waals surface area contributed by atoms with Crippen LogP contribution in [0.3, 0.4) is 0 Å². The molecule has 2 aromatic carbocycles. The molecule has 306 valence electrons. The van der Waals surface area contributed by atoms with Crippen molar-refractivity contribution >= 4 is 40.8 Å². The quantitative estimate of drug-likeness (QED) is 0.245. The number of carbonyl (C=O) groups is 3. The zero-order valence-corrected chi connectivity index (χ0v) is 34.2. The van der Waals surface area contributed by atoms with Crippen LogP contribution in [0.5, 0.6) is 5.75 Å². The maximum Gasteiger partial charge on any atom is 0.272 e. The largest absolute Gasteiger partial charge is 0.489 e. The van der Waals surface area contributed by atoms with Crippen LogP contribution in [0.4, 0.5) is 15.9 Å². The van der Waals surface area contributed by atoms with Crippen molar-refractivity contribution in [3.63, 3.8) is 0 Å². The first-order valence-corrected chi connectivity index (χ1v) is 20.3. The first-order chi connectivity index (χ1) is 27.6. The van der Waals surface area contributed by atoms with Gasteiger partial charge in [-0.15, -0.1) is 10.2 Å². The fourth-order valence-corrected chi connectivity index (χ4v) is 9.56. The van der Waals surface area contributed by atoms with Gasteiger partial charge >= 0.3 is 0 Å². The van der Waals surface area contributed by atoms with E-state index in [0.29, 0.717) is 40.8 Å². The zero-order valence-electron chi connectivity index (χ0n) is 33.5. The van der Waals surface area contributed by atoms with Crippen molar-refractivity contribution in [3.05, 3.63) is 88.5 Å². The standard InChI is InChI=1S/C43H51ClFN9O4/c1-26-6-11-34(38(56)47-26)48-37(55)31-10-8-29(22-33(31)45)53-20-18-52(19-21-53)25-27-14-16-54(17-15-27)36-13-12-35(50-51-36)39(57)49-40-42(2,3)41(43(40,4)5)58-30-9-7-28(24-46)32(44)23-30/h7-10,12-13,22-23,27,34,40-41H,1,6,11,14-21,25H2,2-5H3,(H,47,56)(H,48,55)(H,49,57). The smallest absolute Gasteiger partial charge is 0.272 e. The Bertz CT molecular complexity index is 2090. The van der Waals surface area contributed by atoms with E-state index in [0.717, 1.165) is 70.2 Å². The summed E-state index contributed by atoms with van der Waals surface area (Å²) in [6, 6.07) is 14.5. The van der Waals surface area contributed by atoms with Gasteiger partial charge in [-0.05, 0) is 74.1 Å². The molecule has 4 fully saturated rings. The number of amides is 3. The Balaban J connectivity index is 0.842. The minimum Gasteiger partial charge on any atom is -0.489 e. The van der Waals surface area contributed by atoms with Gasteiger partial charge in [0.25, 0.3) is 11.8 Å². The van der Waals surface area contributed by atoms with Crippen molar-refractivity contribution < 1.29 is 23.5 Å². The number of piperazine rings is 1. The second kappa shape index (κ2) is 16.5. The fourth-order valence-electron chi connectivity index (χ4n) is 9.35. The van der Waals surface area contributed by atoms with Gasteiger partial charge in [0.15, 0.2) is 11.5 Å². The molecule has 0 bridgehead atoms. The van der Waals surface area contributed by atoms with Crippen LogP contribution in [0, 0.1) is 33.9 Å². The van der Waals surface area contributed by atoms with Gasteiger partial charge in [-0.3, -0.25) is 19.3 Å². The predicted octanol–water partition coefficient (Wildman–Crippen LogP) is 5.31. The molecule has 3 aliphatic heterocycles. The van der Waals surface area contributed by atoms with Crippen molar-refractivity contribution in [3.8, 4) is 11.8 Å². The van der Waals surface area contributed by atoms with Crippen LogP contribution in [0.1, 0.15) is 79.8 Å². The Kier molecular flexibility index (Phi) is 11.7. The molecule has 1 aromatic heterocycles. The Hall–Kier alpha value is -5.26. The molecule has 4 heterocycles. The average Bonchev–Trinajstić information content (AvgIpc) is 3.20. The molecular formula is C43H51ClFN9O4. The van der Waals surface area contributed by atoms with Crippen LogP contribution < -0.4 is 30.5 Å². The molecule has 1 saturated carbocycles. The summed E-state index contributed by atoms with van der Waals surface area (Å²) in [5, 5.41) is 26.8. The van der Waals surface area contributed by atoms with Gasteiger partial charge in [0.1, 0.15) is 29.8 Å². The van der Waals surface area contributed by atoms with E-state index >= 15 is 4.39 Å². The molecule has 3 amide bonds. The number of allylic oxidation sites excluding steroid dienone is 1. The minimum absolute atomic E-state index is 0.0786. The fraction of sp³-hybridized carbons (Fsp3) is 0.488. The molecule has 3 aromatic rings. The Morgan fingerprint density at radius 2 is 1.67 bits per heavy atom. The normalized spacial score (nSPS) is 23.3. The number of halogens is 2. The van der Waals surface area contributed by atoms with E-state index in [1.165, 1.54) is 12.1 Å². The number of anilines is 2. The lowest BCUT2D eigenvalue weighted by Crippen LogP contribution is -2.74. The van der Waals surface area contributed by atoms with Crippen LogP contribution in [-0.2, 0) is 4.79 Å². The van der Waals surface area contributed by atoms with Crippen molar-refractivity contribution in [2.24, 2.45) is 16.7 Å². The van der Waals surface area contributed by atoms with E-state index in [2.05, 4.69) is 81.2 Å². The summed E-state index contributed by atoms with van der Waals surface area (Å²) in [4.78, 5) is 45.1. The van der Waals surface area contributed by atoms with E-state index in [-0.39, 0.29) is 35.2 Å². The first-order valence-electron chi connectivity index (χ1n) is 20.0. The van der Waals surface area contributed by atoms with Gasteiger partial charge in [-0.2, -0.15) is 5.26 Å². The highest BCUT2D eigenvalue weighted by Gasteiger charge is 2.64. The average molecular weight is 812 g/mol. The lowest BCUT2D eigenvalue weighted by atomic mass is 9.49. The third-order valence-electron chi connectivity index (χ3n) is 12.4. The summed E-state index contributed by atoms with van der Waals surface area (Å²) < 4.78 is 21.5. The van der Waals surface area contributed by atoms with Gasteiger partial charge < -0.3 is 30.5 Å². The molecule has 0 spiro atoms. The van der Waals surface area contributed by atoms with Gasteiger partial charge in [0.2, 0.25) is 5.91 Å². The molecule has 1 aliphatic carbocycles. The number of nitrogens with zero attached hydrogens (tertiary/aromatic N) is 6. The van der Waals surface area contributed by atoms with Crippen molar-refractivity contribution in [2.75, 3.05) is 55.6 Å². The van der Waals surface area contributed by atoms with Crippen LogP contribution >= 0.6 is 11.6 Å². The molecule has 4 aliphatic rings. The molecule has 3 N–H and O–H groups in total. The lowest BCUT2D eigenvalue weighted by Gasteiger charge is -2.63. The highest BCUT2D eigenvalue weighted by atomic mass is 35.5. The number of piperidine rings is 2. The van der Waals surface area contributed by atoms with Crippen molar-refractivity contribution in [2.45, 2.75) is 71.6 Å². The molecule has 1 atom stereocenters. The topological polar surface area (TPSA) is 156 Å². The number of carbonyl (C=O) groups excluding carboxylic acids is 3. The summed E-state index contributed by atoms with van der Waals surface area (Å²) in [5.41, 5.74) is 1.12. The molecule has 1 unspecified atom stereocenters. The molecular weight excluding hydrogens is 761 g/mol. The number of aromatic nitrogens is 2. The van der Waals surface area contributed by atoms with E-state index < -0.39 is 28.6 Å². The highest BCUT2D eigenvalue weighted by Crippen LogP contribution is 2.55. The maximum absolute atomic E-state index is 15.1. The van der Waals surface area contributed by atoms with Crippen LogP contribution in [0.15, 0.2) is 60.8 Å². The predicted molar refractivity (Wildman–Crippen MR) is 219 cm³/mol. The number of nitrogens with one attached hydrogen (secondary N) is 3. The van der Waals surface area contributed by atoms with Crippen molar-refractivity contribution in [1.29, 1.82) is 5.26 Å². The number of hydrogen-bond donors (Lipinski definition) is 3. The summed E-state index contributed by atoms with van der Waals surface area (Å²) in [6.45, 7) is 17.9. The van der Waals surface area contributed by atoms with Crippen LogP contribution in [0.25, 0.3) is 0 Å². The summed E-state index contributed by atoms with van der Waals surface area (Å²) in [6.07, 6.45) is 2.81. The zero-order chi connectivity index (χ0) is 41.4.